The highest BCUT2D eigenvalue weighted by molar-refractivity contribution is 9.10. The van der Waals surface area contributed by atoms with Crippen molar-refractivity contribution >= 4 is 15.9 Å². The van der Waals surface area contributed by atoms with E-state index in [1.165, 1.54) is 12.1 Å². The molecule has 0 aromatic heterocycles. The quantitative estimate of drug-likeness (QED) is 0.785. The zero-order chi connectivity index (χ0) is 10.0. The van der Waals surface area contributed by atoms with Gasteiger partial charge in [0.1, 0.15) is 11.6 Å². The molecule has 13 heavy (non-hydrogen) atoms. The van der Waals surface area contributed by atoms with E-state index in [1.54, 1.807) is 6.92 Å². The van der Waals surface area contributed by atoms with Gasteiger partial charge in [-0.05, 0) is 40.5 Å². The molecule has 1 aromatic carbocycles. The summed E-state index contributed by atoms with van der Waals surface area (Å²) in [4.78, 5) is 0. The summed E-state index contributed by atoms with van der Waals surface area (Å²) in [5, 5.41) is 0. The van der Waals surface area contributed by atoms with Gasteiger partial charge < -0.3 is 4.74 Å². The van der Waals surface area contributed by atoms with Crippen molar-refractivity contribution in [3.05, 3.63) is 28.0 Å². The van der Waals surface area contributed by atoms with Crippen LogP contribution in [0, 0.1) is 12.7 Å². The second kappa shape index (κ2) is 4.00. The maximum atomic E-state index is 12.9. The third-order valence-corrected chi connectivity index (χ3v) is 2.12. The highest BCUT2D eigenvalue weighted by Crippen LogP contribution is 2.30. The molecule has 1 rings (SSSR count). The third-order valence-electron chi connectivity index (χ3n) is 1.36. The van der Waals surface area contributed by atoms with Crippen LogP contribution in [0.3, 0.4) is 0 Å². The van der Waals surface area contributed by atoms with Gasteiger partial charge >= 0.3 is 6.61 Å². The molecular formula is C8H6BrF3O. The van der Waals surface area contributed by atoms with Gasteiger partial charge in [-0.25, -0.2) is 4.39 Å². The van der Waals surface area contributed by atoms with Gasteiger partial charge in [-0.2, -0.15) is 8.78 Å². The van der Waals surface area contributed by atoms with Gasteiger partial charge in [0, 0.05) is 0 Å². The zero-order valence-electron chi connectivity index (χ0n) is 6.65. The van der Waals surface area contributed by atoms with Gasteiger partial charge in [-0.3, -0.25) is 0 Å². The largest absolute Gasteiger partial charge is 0.434 e. The number of halogens is 4. The summed E-state index contributed by atoms with van der Waals surface area (Å²) in [7, 11) is 0. The monoisotopic (exact) mass is 254 g/mol. The lowest BCUT2D eigenvalue weighted by atomic mass is 10.2. The molecule has 0 unspecified atom stereocenters. The predicted molar refractivity (Wildman–Crippen MR) is 45.5 cm³/mol. The van der Waals surface area contributed by atoms with E-state index >= 15 is 0 Å². The number of hydrogen-bond acceptors (Lipinski definition) is 1. The first-order valence-electron chi connectivity index (χ1n) is 3.41. The van der Waals surface area contributed by atoms with Crippen LogP contribution in [0.25, 0.3) is 0 Å². The Labute approximate surface area is 81.6 Å². The zero-order valence-corrected chi connectivity index (χ0v) is 8.24. The fourth-order valence-electron chi connectivity index (χ4n) is 0.874. The molecule has 0 saturated heterocycles. The van der Waals surface area contributed by atoms with Crippen molar-refractivity contribution in [2.24, 2.45) is 0 Å². The lowest BCUT2D eigenvalue weighted by Gasteiger charge is -2.07. The maximum absolute atomic E-state index is 12.9. The maximum Gasteiger partial charge on any atom is 0.387 e. The van der Waals surface area contributed by atoms with Crippen molar-refractivity contribution in [1.82, 2.24) is 0 Å². The van der Waals surface area contributed by atoms with Crippen LogP contribution in [-0.2, 0) is 0 Å². The van der Waals surface area contributed by atoms with Crippen LogP contribution in [0.2, 0.25) is 0 Å². The van der Waals surface area contributed by atoms with Crippen molar-refractivity contribution in [1.29, 1.82) is 0 Å². The van der Waals surface area contributed by atoms with Gasteiger partial charge in [-0.15, -0.1) is 0 Å². The van der Waals surface area contributed by atoms with E-state index in [0.717, 1.165) is 0 Å². The van der Waals surface area contributed by atoms with E-state index in [2.05, 4.69) is 20.7 Å². The minimum Gasteiger partial charge on any atom is -0.434 e. The Balaban J connectivity index is 3.05. The molecule has 0 spiro atoms. The summed E-state index contributed by atoms with van der Waals surface area (Å²) in [6.07, 6.45) is 0. The molecular weight excluding hydrogens is 249 g/mol. The van der Waals surface area contributed by atoms with Gasteiger partial charge in [0.2, 0.25) is 0 Å². The Hall–Kier alpha value is -0.710. The topological polar surface area (TPSA) is 9.23 Å². The van der Waals surface area contributed by atoms with E-state index in [-0.39, 0.29) is 10.2 Å². The van der Waals surface area contributed by atoms with Crippen LogP contribution < -0.4 is 4.74 Å². The van der Waals surface area contributed by atoms with Crippen molar-refractivity contribution in [3.8, 4) is 5.75 Å². The van der Waals surface area contributed by atoms with Crippen molar-refractivity contribution in [3.63, 3.8) is 0 Å². The Kier molecular flexibility index (Phi) is 3.19. The highest BCUT2D eigenvalue weighted by Gasteiger charge is 2.12. The summed E-state index contributed by atoms with van der Waals surface area (Å²) in [6.45, 7) is -1.36. The fraction of sp³-hybridized carbons (Fsp3) is 0.250. The molecule has 1 aromatic rings. The molecule has 0 saturated carbocycles. The number of ether oxygens (including phenoxy) is 1. The predicted octanol–water partition coefficient (Wildman–Crippen LogP) is 3.50. The normalized spacial score (nSPS) is 10.6. The summed E-state index contributed by atoms with van der Waals surface area (Å²) in [5.74, 6) is -0.803. The summed E-state index contributed by atoms with van der Waals surface area (Å²) in [6, 6.07) is 2.56. The number of rotatable bonds is 2. The van der Waals surface area contributed by atoms with Crippen LogP contribution in [0.1, 0.15) is 5.56 Å². The lowest BCUT2D eigenvalue weighted by Crippen LogP contribution is -2.03. The number of hydrogen-bond donors (Lipinski definition) is 0. The molecule has 0 N–H and O–H groups in total. The van der Waals surface area contributed by atoms with E-state index < -0.39 is 12.4 Å². The number of alkyl halides is 2. The standard InChI is InChI=1S/C8H6BrF3O/c1-4-2-5(10)7(9)6(3-4)13-8(11)12/h2-3,8H,1H3. The smallest absolute Gasteiger partial charge is 0.387 e. The minimum atomic E-state index is -2.95. The van der Waals surface area contributed by atoms with Crippen LogP contribution in [0.4, 0.5) is 13.2 Å². The molecule has 0 heterocycles. The van der Waals surface area contributed by atoms with Gasteiger partial charge in [-0.1, -0.05) is 0 Å². The molecule has 0 fully saturated rings. The highest BCUT2D eigenvalue weighted by atomic mass is 79.9. The third kappa shape index (κ3) is 2.62. The number of aryl methyl sites for hydroxylation is 1. The molecule has 5 heteroatoms. The molecule has 0 aliphatic rings. The first-order chi connectivity index (χ1) is 6.00. The van der Waals surface area contributed by atoms with Crippen LogP contribution >= 0.6 is 15.9 Å². The Morgan fingerprint density at radius 1 is 1.38 bits per heavy atom. The average molecular weight is 255 g/mol. The number of benzene rings is 1. The van der Waals surface area contributed by atoms with E-state index in [1.807, 2.05) is 0 Å². The van der Waals surface area contributed by atoms with Crippen molar-refractivity contribution in [2.75, 3.05) is 0 Å². The van der Waals surface area contributed by atoms with Crippen LogP contribution in [-0.4, -0.2) is 6.61 Å². The average Bonchev–Trinajstić information content (AvgIpc) is 1.98. The second-order valence-corrected chi connectivity index (χ2v) is 3.23. The molecule has 0 aliphatic heterocycles. The van der Waals surface area contributed by atoms with E-state index in [0.29, 0.717) is 5.56 Å². The van der Waals surface area contributed by atoms with E-state index in [9.17, 15) is 13.2 Å². The van der Waals surface area contributed by atoms with Crippen LogP contribution in [0.15, 0.2) is 16.6 Å². The van der Waals surface area contributed by atoms with Gasteiger partial charge in [0.25, 0.3) is 0 Å². The lowest BCUT2D eigenvalue weighted by molar-refractivity contribution is -0.0505. The van der Waals surface area contributed by atoms with Crippen molar-refractivity contribution < 1.29 is 17.9 Å². The molecule has 0 amide bonds. The van der Waals surface area contributed by atoms with Crippen molar-refractivity contribution in [2.45, 2.75) is 13.5 Å². The Morgan fingerprint density at radius 3 is 2.54 bits per heavy atom. The second-order valence-electron chi connectivity index (χ2n) is 2.44. The first kappa shape index (κ1) is 10.4. The summed E-state index contributed by atoms with van der Waals surface area (Å²) >= 11 is 2.81. The SMILES string of the molecule is Cc1cc(F)c(Br)c(OC(F)F)c1. The Bertz CT molecular complexity index is 315. The molecule has 0 bridgehead atoms. The molecule has 0 atom stereocenters. The first-order valence-corrected chi connectivity index (χ1v) is 4.20. The Morgan fingerprint density at radius 2 is 2.00 bits per heavy atom. The summed E-state index contributed by atoms with van der Waals surface area (Å²) in [5.41, 5.74) is 0.524. The molecule has 1 nitrogen and oxygen atoms in total. The minimum absolute atomic E-state index is 0.0848. The van der Waals surface area contributed by atoms with E-state index in [4.69, 9.17) is 0 Å². The molecule has 72 valence electrons. The van der Waals surface area contributed by atoms with Gasteiger partial charge in [0.05, 0.1) is 4.47 Å². The summed E-state index contributed by atoms with van der Waals surface area (Å²) < 4.78 is 40.5. The molecule has 0 radical (unpaired) electrons. The van der Waals surface area contributed by atoms with Gasteiger partial charge in [0.15, 0.2) is 0 Å². The van der Waals surface area contributed by atoms with Crippen LogP contribution in [0.5, 0.6) is 5.75 Å². The fourth-order valence-corrected chi connectivity index (χ4v) is 1.20. The molecule has 0 aliphatic carbocycles.